The molecule has 0 aromatic rings. The highest BCUT2D eigenvalue weighted by Crippen LogP contribution is 2.18. The molecular formula is C21H42OS. The molecule has 23 heavy (non-hydrogen) atoms. The molecule has 1 nitrogen and oxygen atoms in total. The molecule has 1 aliphatic heterocycles. The number of epoxide rings is 1. The van der Waals surface area contributed by atoms with Crippen LogP contribution in [-0.4, -0.2) is 24.2 Å². The van der Waals surface area contributed by atoms with Gasteiger partial charge >= 0.3 is 0 Å². The van der Waals surface area contributed by atoms with Crippen molar-refractivity contribution in [1.82, 2.24) is 0 Å². The maximum atomic E-state index is 5.22. The second-order valence-electron chi connectivity index (χ2n) is 7.33. The summed E-state index contributed by atoms with van der Waals surface area (Å²) in [6, 6.07) is 0. The Hall–Kier alpha value is 0.310. The molecule has 2 heteroatoms. The van der Waals surface area contributed by atoms with E-state index < -0.39 is 0 Å². The number of ether oxygens (including phenoxy) is 1. The van der Waals surface area contributed by atoms with Crippen LogP contribution in [0.25, 0.3) is 0 Å². The maximum absolute atomic E-state index is 5.22. The van der Waals surface area contributed by atoms with E-state index in [1.54, 1.807) is 0 Å². The summed E-state index contributed by atoms with van der Waals surface area (Å²) in [6.07, 6.45) is 24.0. The molecule has 1 fully saturated rings. The van der Waals surface area contributed by atoms with Gasteiger partial charge in [0.1, 0.15) is 0 Å². The number of rotatable bonds is 19. The number of unbranched alkanes of at least 4 members (excludes halogenated alkanes) is 15. The minimum absolute atomic E-state index is 0.612. The molecule has 0 aliphatic carbocycles. The average molecular weight is 343 g/mol. The number of hydrogen-bond acceptors (Lipinski definition) is 2. The molecule has 0 N–H and O–H groups in total. The van der Waals surface area contributed by atoms with E-state index in [-0.39, 0.29) is 0 Å². The molecule has 1 aliphatic rings. The van der Waals surface area contributed by atoms with Gasteiger partial charge in [-0.2, -0.15) is 11.8 Å². The lowest BCUT2D eigenvalue weighted by atomic mass is 10.0. The molecular weight excluding hydrogens is 300 g/mol. The average Bonchev–Trinajstić information content (AvgIpc) is 3.38. The third-order valence-electron chi connectivity index (χ3n) is 4.85. The van der Waals surface area contributed by atoms with E-state index >= 15 is 0 Å². The van der Waals surface area contributed by atoms with Crippen molar-refractivity contribution < 1.29 is 4.74 Å². The normalized spacial score (nSPS) is 16.8. The van der Waals surface area contributed by atoms with Gasteiger partial charge in [0.15, 0.2) is 0 Å². The van der Waals surface area contributed by atoms with Gasteiger partial charge in [0.2, 0.25) is 0 Å². The van der Waals surface area contributed by atoms with Gasteiger partial charge in [0, 0.05) is 5.75 Å². The first kappa shape index (κ1) is 21.4. The summed E-state index contributed by atoms with van der Waals surface area (Å²) in [4.78, 5) is 0. The second kappa shape index (κ2) is 17.1. The van der Waals surface area contributed by atoms with E-state index in [9.17, 15) is 0 Å². The molecule has 1 atom stereocenters. The molecule has 0 saturated carbocycles. The highest BCUT2D eigenvalue weighted by molar-refractivity contribution is 7.99. The Morgan fingerprint density at radius 1 is 0.652 bits per heavy atom. The van der Waals surface area contributed by atoms with Gasteiger partial charge in [-0.15, -0.1) is 0 Å². The van der Waals surface area contributed by atoms with E-state index in [0.29, 0.717) is 6.10 Å². The Kier molecular flexibility index (Phi) is 15.9. The smallest absolute Gasteiger partial charge is 0.0900 e. The zero-order chi connectivity index (χ0) is 16.4. The Labute approximate surface area is 150 Å². The fraction of sp³-hybridized carbons (Fsp3) is 1.00. The van der Waals surface area contributed by atoms with Crippen LogP contribution in [0.4, 0.5) is 0 Å². The first-order valence-electron chi connectivity index (χ1n) is 10.6. The molecule has 0 aromatic carbocycles. The summed E-state index contributed by atoms with van der Waals surface area (Å²) in [5.74, 6) is 2.58. The first-order chi connectivity index (χ1) is 11.4. The molecule has 1 saturated heterocycles. The van der Waals surface area contributed by atoms with E-state index in [2.05, 4.69) is 18.7 Å². The Bertz CT molecular complexity index is 228. The lowest BCUT2D eigenvalue weighted by molar-refractivity contribution is 0.426. The minimum atomic E-state index is 0.612. The summed E-state index contributed by atoms with van der Waals surface area (Å²) >= 11 is 2.09. The molecule has 1 heterocycles. The van der Waals surface area contributed by atoms with Crippen molar-refractivity contribution in [2.45, 2.75) is 116 Å². The first-order valence-corrected chi connectivity index (χ1v) is 11.8. The van der Waals surface area contributed by atoms with Crippen LogP contribution >= 0.6 is 11.8 Å². The SMILES string of the molecule is CCCCCCCCCCCCCCCCCCSCC1CO1. The third kappa shape index (κ3) is 16.9. The zero-order valence-corrected chi connectivity index (χ0v) is 16.6. The van der Waals surface area contributed by atoms with Crippen LogP contribution in [0.3, 0.4) is 0 Å². The van der Waals surface area contributed by atoms with E-state index in [4.69, 9.17) is 4.74 Å². The monoisotopic (exact) mass is 342 g/mol. The number of hydrogen-bond donors (Lipinski definition) is 0. The van der Waals surface area contributed by atoms with Crippen molar-refractivity contribution in [3.63, 3.8) is 0 Å². The zero-order valence-electron chi connectivity index (χ0n) is 15.8. The largest absolute Gasteiger partial charge is 0.372 e. The van der Waals surface area contributed by atoms with Gasteiger partial charge in [-0.25, -0.2) is 0 Å². The van der Waals surface area contributed by atoms with Crippen molar-refractivity contribution in [2.75, 3.05) is 18.1 Å². The van der Waals surface area contributed by atoms with Crippen LogP contribution in [0, 0.1) is 0 Å². The molecule has 1 rings (SSSR count). The van der Waals surface area contributed by atoms with E-state index in [0.717, 1.165) is 6.61 Å². The molecule has 1 unspecified atom stereocenters. The van der Waals surface area contributed by atoms with Crippen molar-refractivity contribution in [3.8, 4) is 0 Å². The molecule has 138 valence electrons. The van der Waals surface area contributed by atoms with Crippen LogP contribution in [0.5, 0.6) is 0 Å². The summed E-state index contributed by atoms with van der Waals surface area (Å²) in [7, 11) is 0. The van der Waals surface area contributed by atoms with E-state index in [1.807, 2.05) is 0 Å². The molecule has 0 spiro atoms. The lowest BCUT2D eigenvalue weighted by Crippen LogP contribution is -1.91. The van der Waals surface area contributed by atoms with Crippen LogP contribution in [-0.2, 0) is 4.74 Å². The van der Waals surface area contributed by atoms with Crippen LogP contribution in [0.1, 0.15) is 110 Å². The van der Waals surface area contributed by atoms with Gasteiger partial charge in [-0.3, -0.25) is 0 Å². The van der Waals surface area contributed by atoms with Crippen molar-refractivity contribution >= 4 is 11.8 Å². The predicted octanol–water partition coefficient (Wildman–Crippen LogP) is 7.38. The Morgan fingerprint density at radius 3 is 1.43 bits per heavy atom. The van der Waals surface area contributed by atoms with Crippen molar-refractivity contribution in [1.29, 1.82) is 0 Å². The highest BCUT2D eigenvalue weighted by Gasteiger charge is 2.21. The maximum Gasteiger partial charge on any atom is 0.0900 e. The standard InChI is InChI=1S/C21H42OS/c1-2-3-4-5-6-7-8-9-10-11-12-13-14-15-16-17-18-23-20-21-19-22-21/h21H,2-20H2,1H3. The predicted molar refractivity (Wildman–Crippen MR) is 107 cm³/mol. The van der Waals surface area contributed by atoms with Crippen molar-refractivity contribution in [3.05, 3.63) is 0 Å². The third-order valence-corrected chi connectivity index (χ3v) is 6.03. The van der Waals surface area contributed by atoms with Gasteiger partial charge < -0.3 is 4.74 Å². The Balaban J connectivity index is 1.59. The Morgan fingerprint density at radius 2 is 1.04 bits per heavy atom. The summed E-state index contributed by atoms with van der Waals surface area (Å²) < 4.78 is 5.22. The van der Waals surface area contributed by atoms with Crippen molar-refractivity contribution in [2.24, 2.45) is 0 Å². The molecule has 0 aromatic heterocycles. The summed E-state index contributed by atoms with van der Waals surface area (Å²) in [6.45, 7) is 3.32. The molecule has 0 bridgehead atoms. The summed E-state index contributed by atoms with van der Waals surface area (Å²) in [5, 5.41) is 0. The molecule has 0 radical (unpaired) electrons. The van der Waals surface area contributed by atoms with Crippen LogP contribution < -0.4 is 0 Å². The fourth-order valence-electron chi connectivity index (χ4n) is 3.13. The molecule has 0 amide bonds. The second-order valence-corrected chi connectivity index (χ2v) is 8.48. The van der Waals surface area contributed by atoms with Gasteiger partial charge in [0.25, 0.3) is 0 Å². The quantitative estimate of drug-likeness (QED) is 0.179. The topological polar surface area (TPSA) is 12.5 Å². The lowest BCUT2D eigenvalue weighted by Gasteiger charge is -2.03. The van der Waals surface area contributed by atoms with Gasteiger partial charge in [0.05, 0.1) is 12.7 Å². The summed E-state index contributed by atoms with van der Waals surface area (Å²) in [5.41, 5.74) is 0. The highest BCUT2D eigenvalue weighted by atomic mass is 32.2. The van der Waals surface area contributed by atoms with Gasteiger partial charge in [-0.1, -0.05) is 103 Å². The van der Waals surface area contributed by atoms with Crippen LogP contribution in [0.2, 0.25) is 0 Å². The van der Waals surface area contributed by atoms with E-state index in [1.165, 1.54) is 114 Å². The van der Waals surface area contributed by atoms with Gasteiger partial charge in [-0.05, 0) is 12.2 Å². The van der Waals surface area contributed by atoms with Crippen LogP contribution in [0.15, 0.2) is 0 Å². The fourth-order valence-corrected chi connectivity index (χ4v) is 4.16. The minimum Gasteiger partial charge on any atom is -0.372 e. The number of thioether (sulfide) groups is 1.